The molecule has 1 aliphatic rings. The van der Waals surface area contributed by atoms with Crippen molar-refractivity contribution in [1.29, 1.82) is 0 Å². The molecule has 2 N–H and O–H groups in total. The number of aryl methyl sites for hydroxylation is 1. The second-order valence-corrected chi connectivity index (χ2v) is 6.34. The van der Waals surface area contributed by atoms with Crippen LogP contribution >= 0.6 is 0 Å². The maximum Gasteiger partial charge on any atom is 0.242 e. The van der Waals surface area contributed by atoms with Gasteiger partial charge in [0.2, 0.25) is 5.91 Å². The molecule has 0 radical (unpaired) electrons. The Bertz CT molecular complexity index is 676. The number of hydrogen-bond donors (Lipinski definition) is 1. The van der Waals surface area contributed by atoms with Gasteiger partial charge in [0.05, 0.1) is 11.0 Å². The molecular weight excluding hydrogens is 276 g/mol. The molecule has 1 aromatic heterocycles. The molecule has 1 fully saturated rings. The highest BCUT2D eigenvalue weighted by molar-refractivity contribution is 5.81. The average Bonchev–Trinajstić information content (AvgIpc) is 2.83. The van der Waals surface area contributed by atoms with Crippen LogP contribution in [0, 0.1) is 12.8 Å². The molecule has 0 saturated carbocycles. The van der Waals surface area contributed by atoms with Gasteiger partial charge in [-0.2, -0.15) is 0 Å². The first-order chi connectivity index (χ1) is 10.6. The van der Waals surface area contributed by atoms with Crippen molar-refractivity contribution in [2.45, 2.75) is 39.3 Å². The van der Waals surface area contributed by atoms with Gasteiger partial charge < -0.3 is 15.2 Å². The summed E-state index contributed by atoms with van der Waals surface area (Å²) in [6, 6.07) is 8.10. The monoisotopic (exact) mass is 300 g/mol. The largest absolute Gasteiger partial charge is 0.341 e. The van der Waals surface area contributed by atoms with Gasteiger partial charge in [-0.1, -0.05) is 12.1 Å². The van der Waals surface area contributed by atoms with E-state index in [0.29, 0.717) is 12.5 Å². The van der Waals surface area contributed by atoms with Crippen molar-refractivity contribution in [3.8, 4) is 0 Å². The molecule has 2 aromatic rings. The number of nitrogens with two attached hydrogens (primary N) is 1. The number of carbonyl (C=O) groups is 1. The standard InChI is InChI=1S/C17H24N4O/c1-12(18)14-6-5-9-20(10-14)17(22)11-21-13(2)19-15-7-3-4-8-16(15)21/h3-4,7-8,12,14H,5-6,9-11,18H2,1-2H3. The predicted molar refractivity (Wildman–Crippen MR) is 87.4 cm³/mol. The smallest absolute Gasteiger partial charge is 0.242 e. The number of fused-ring (bicyclic) bond motifs is 1. The third kappa shape index (κ3) is 2.86. The number of aromatic nitrogens is 2. The number of piperidine rings is 1. The van der Waals surface area contributed by atoms with E-state index in [9.17, 15) is 4.79 Å². The fourth-order valence-electron chi connectivity index (χ4n) is 3.30. The lowest BCUT2D eigenvalue weighted by Crippen LogP contribution is -2.46. The topological polar surface area (TPSA) is 64.2 Å². The Morgan fingerprint density at radius 1 is 1.45 bits per heavy atom. The van der Waals surface area contributed by atoms with E-state index in [4.69, 9.17) is 5.73 Å². The zero-order valence-electron chi connectivity index (χ0n) is 13.3. The van der Waals surface area contributed by atoms with Crippen LogP contribution in [-0.2, 0) is 11.3 Å². The minimum Gasteiger partial charge on any atom is -0.341 e. The average molecular weight is 300 g/mol. The van der Waals surface area contributed by atoms with Crippen LogP contribution in [0.5, 0.6) is 0 Å². The predicted octanol–water partition coefficient (Wildman–Crippen LogP) is 1.93. The molecule has 22 heavy (non-hydrogen) atoms. The number of nitrogens with zero attached hydrogens (tertiary/aromatic N) is 3. The van der Waals surface area contributed by atoms with Crippen LogP contribution < -0.4 is 5.73 Å². The van der Waals surface area contributed by atoms with E-state index in [1.165, 1.54) is 0 Å². The lowest BCUT2D eigenvalue weighted by atomic mass is 9.92. The van der Waals surface area contributed by atoms with Crippen LogP contribution in [0.4, 0.5) is 0 Å². The van der Waals surface area contributed by atoms with Crippen LogP contribution in [0.25, 0.3) is 11.0 Å². The van der Waals surface area contributed by atoms with E-state index in [0.717, 1.165) is 42.8 Å². The normalized spacial score (nSPS) is 20.3. The minimum atomic E-state index is 0.145. The molecule has 1 aromatic carbocycles. The van der Waals surface area contributed by atoms with Crippen LogP contribution in [0.1, 0.15) is 25.6 Å². The molecule has 3 rings (SSSR count). The van der Waals surface area contributed by atoms with Crippen molar-refractivity contribution in [1.82, 2.24) is 14.5 Å². The number of imidazole rings is 1. The zero-order chi connectivity index (χ0) is 15.7. The Balaban J connectivity index is 1.77. The summed E-state index contributed by atoms with van der Waals surface area (Å²) in [7, 11) is 0. The van der Waals surface area contributed by atoms with Crippen molar-refractivity contribution in [2.75, 3.05) is 13.1 Å². The van der Waals surface area contributed by atoms with Crippen LogP contribution in [0.3, 0.4) is 0 Å². The molecular formula is C17H24N4O. The van der Waals surface area contributed by atoms with Crippen LogP contribution in [0.15, 0.2) is 24.3 Å². The van der Waals surface area contributed by atoms with Gasteiger partial charge in [-0.3, -0.25) is 4.79 Å². The van der Waals surface area contributed by atoms with Gasteiger partial charge >= 0.3 is 0 Å². The molecule has 1 amide bonds. The fraction of sp³-hybridized carbons (Fsp3) is 0.529. The zero-order valence-corrected chi connectivity index (χ0v) is 13.3. The third-order valence-corrected chi connectivity index (χ3v) is 4.69. The number of amides is 1. The fourth-order valence-corrected chi connectivity index (χ4v) is 3.30. The van der Waals surface area contributed by atoms with Crippen LogP contribution in [-0.4, -0.2) is 39.5 Å². The summed E-state index contributed by atoms with van der Waals surface area (Å²) < 4.78 is 2.01. The van der Waals surface area contributed by atoms with E-state index < -0.39 is 0 Å². The van der Waals surface area contributed by atoms with Gasteiger partial charge in [0, 0.05) is 19.1 Å². The Kier molecular flexibility index (Phi) is 4.16. The van der Waals surface area contributed by atoms with Gasteiger partial charge in [-0.15, -0.1) is 0 Å². The van der Waals surface area contributed by atoms with E-state index in [1.807, 2.05) is 47.6 Å². The second kappa shape index (κ2) is 6.08. The van der Waals surface area contributed by atoms with Gasteiger partial charge in [0.25, 0.3) is 0 Å². The molecule has 118 valence electrons. The molecule has 5 nitrogen and oxygen atoms in total. The highest BCUT2D eigenvalue weighted by Gasteiger charge is 2.26. The number of likely N-dealkylation sites (tertiary alicyclic amines) is 1. The number of hydrogen-bond acceptors (Lipinski definition) is 3. The van der Waals surface area contributed by atoms with Gasteiger partial charge in [-0.05, 0) is 44.7 Å². The maximum absolute atomic E-state index is 12.7. The van der Waals surface area contributed by atoms with Crippen molar-refractivity contribution in [3.63, 3.8) is 0 Å². The molecule has 0 bridgehead atoms. The maximum atomic E-state index is 12.7. The molecule has 2 heterocycles. The molecule has 2 unspecified atom stereocenters. The minimum absolute atomic E-state index is 0.145. The second-order valence-electron chi connectivity index (χ2n) is 6.34. The number of carbonyl (C=O) groups excluding carboxylic acids is 1. The molecule has 1 aliphatic heterocycles. The van der Waals surface area contributed by atoms with Crippen molar-refractivity contribution in [3.05, 3.63) is 30.1 Å². The summed E-state index contributed by atoms with van der Waals surface area (Å²) >= 11 is 0. The SMILES string of the molecule is Cc1nc2ccccc2n1CC(=O)N1CCCC(C(C)N)C1. The van der Waals surface area contributed by atoms with Gasteiger partial charge in [-0.25, -0.2) is 4.98 Å². The molecule has 1 saturated heterocycles. The van der Waals surface area contributed by atoms with Crippen molar-refractivity contribution in [2.24, 2.45) is 11.7 Å². The third-order valence-electron chi connectivity index (χ3n) is 4.69. The number of para-hydroxylation sites is 2. The lowest BCUT2D eigenvalue weighted by Gasteiger charge is -2.34. The number of benzene rings is 1. The summed E-state index contributed by atoms with van der Waals surface area (Å²) in [5, 5.41) is 0. The van der Waals surface area contributed by atoms with Crippen molar-refractivity contribution >= 4 is 16.9 Å². The van der Waals surface area contributed by atoms with E-state index in [-0.39, 0.29) is 11.9 Å². The summed E-state index contributed by atoms with van der Waals surface area (Å²) in [5.41, 5.74) is 7.98. The van der Waals surface area contributed by atoms with Crippen molar-refractivity contribution < 1.29 is 4.79 Å². The first-order valence-electron chi connectivity index (χ1n) is 8.01. The summed E-state index contributed by atoms with van der Waals surface area (Å²) in [5.74, 6) is 1.46. The van der Waals surface area contributed by atoms with Gasteiger partial charge in [0.1, 0.15) is 12.4 Å². The Labute approximate surface area is 131 Å². The summed E-state index contributed by atoms with van der Waals surface area (Å²) in [4.78, 5) is 19.2. The van der Waals surface area contributed by atoms with Gasteiger partial charge in [0.15, 0.2) is 0 Å². The summed E-state index contributed by atoms with van der Waals surface area (Å²) in [6.07, 6.45) is 2.16. The lowest BCUT2D eigenvalue weighted by molar-refractivity contribution is -0.133. The molecule has 0 spiro atoms. The first-order valence-corrected chi connectivity index (χ1v) is 8.01. The van der Waals surface area contributed by atoms with E-state index in [2.05, 4.69) is 4.98 Å². The highest BCUT2D eigenvalue weighted by atomic mass is 16.2. The Morgan fingerprint density at radius 3 is 3.00 bits per heavy atom. The molecule has 5 heteroatoms. The Morgan fingerprint density at radius 2 is 2.23 bits per heavy atom. The van der Waals surface area contributed by atoms with E-state index in [1.54, 1.807) is 0 Å². The molecule has 2 atom stereocenters. The molecule has 0 aliphatic carbocycles. The van der Waals surface area contributed by atoms with E-state index >= 15 is 0 Å². The van der Waals surface area contributed by atoms with Crippen LogP contribution in [0.2, 0.25) is 0 Å². The quantitative estimate of drug-likeness (QED) is 0.942. The summed E-state index contributed by atoms with van der Waals surface area (Å²) in [6.45, 7) is 5.97. The first kappa shape index (κ1) is 15.0. The Hall–Kier alpha value is -1.88. The highest BCUT2D eigenvalue weighted by Crippen LogP contribution is 2.20. The number of rotatable bonds is 3.